The molecule has 0 bridgehead atoms. The third kappa shape index (κ3) is 3.61. The monoisotopic (exact) mass is 465 g/mol. The fraction of sp³-hybridized carbons (Fsp3) is 0.320. The van der Waals surface area contributed by atoms with Crippen molar-refractivity contribution in [1.82, 2.24) is 15.2 Å². The maximum atomic E-state index is 14.3. The van der Waals surface area contributed by atoms with Crippen LogP contribution in [0.25, 0.3) is 17.3 Å². The molecule has 1 N–H and O–H groups in total. The Labute approximate surface area is 196 Å². The van der Waals surface area contributed by atoms with Crippen molar-refractivity contribution in [2.24, 2.45) is 0 Å². The SMILES string of the molecule is C=Cc1ncc(O[C@H]2CN3c4cc(-c5cccc(F)c5OC)nnc4NC[C@@]3(CC)C2)cc1F. The van der Waals surface area contributed by atoms with E-state index in [2.05, 4.69) is 38.9 Å². The summed E-state index contributed by atoms with van der Waals surface area (Å²) in [5, 5.41) is 12.1. The molecule has 0 saturated carbocycles. The van der Waals surface area contributed by atoms with Gasteiger partial charge in [0.2, 0.25) is 0 Å². The second-order valence-electron chi connectivity index (χ2n) is 8.51. The van der Waals surface area contributed by atoms with E-state index in [1.165, 1.54) is 31.5 Å². The normalized spacial score (nSPS) is 20.8. The number of nitrogens with one attached hydrogen (secondary N) is 1. The van der Waals surface area contributed by atoms with Gasteiger partial charge in [0.1, 0.15) is 11.9 Å². The summed E-state index contributed by atoms with van der Waals surface area (Å²) in [6, 6.07) is 7.96. The number of rotatable bonds is 6. The quantitative estimate of drug-likeness (QED) is 0.566. The minimum atomic E-state index is -0.468. The van der Waals surface area contributed by atoms with Gasteiger partial charge in [-0.25, -0.2) is 13.8 Å². The highest BCUT2D eigenvalue weighted by Gasteiger charge is 2.49. The Kier molecular flexibility index (Phi) is 5.55. The molecule has 2 aliphatic rings. The highest BCUT2D eigenvalue weighted by molar-refractivity contribution is 5.77. The van der Waals surface area contributed by atoms with Crippen LogP contribution in [0, 0.1) is 11.6 Å². The fourth-order valence-electron chi connectivity index (χ4n) is 4.91. The number of hydrogen-bond donors (Lipinski definition) is 1. The van der Waals surface area contributed by atoms with Crippen molar-refractivity contribution < 1.29 is 18.3 Å². The van der Waals surface area contributed by atoms with Crippen molar-refractivity contribution in [3.8, 4) is 22.8 Å². The number of nitrogens with zero attached hydrogens (tertiary/aromatic N) is 4. The Morgan fingerprint density at radius 1 is 1.26 bits per heavy atom. The molecule has 9 heteroatoms. The van der Waals surface area contributed by atoms with Gasteiger partial charge in [0.25, 0.3) is 0 Å². The average molecular weight is 466 g/mol. The Morgan fingerprint density at radius 2 is 2.12 bits per heavy atom. The zero-order valence-electron chi connectivity index (χ0n) is 19.0. The van der Waals surface area contributed by atoms with Crippen LogP contribution in [0.1, 0.15) is 25.5 Å². The molecule has 3 aromatic rings. The largest absolute Gasteiger partial charge is 0.493 e. The topological polar surface area (TPSA) is 72.4 Å². The van der Waals surface area contributed by atoms with E-state index in [4.69, 9.17) is 9.47 Å². The molecule has 4 heterocycles. The predicted molar refractivity (Wildman–Crippen MR) is 126 cm³/mol. The van der Waals surface area contributed by atoms with Gasteiger partial charge in [0, 0.05) is 24.6 Å². The van der Waals surface area contributed by atoms with E-state index in [0.717, 1.165) is 18.5 Å². The molecule has 2 atom stereocenters. The van der Waals surface area contributed by atoms with Crippen LogP contribution in [0.3, 0.4) is 0 Å². The maximum absolute atomic E-state index is 14.3. The number of ether oxygens (including phenoxy) is 2. The van der Waals surface area contributed by atoms with Gasteiger partial charge in [-0.15, -0.1) is 10.2 Å². The molecular weight excluding hydrogens is 440 g/mol. The first-order valence-electron chi connectivity index (χ1n) is 11.1. The van der Waals surface area contributed by atoms with Crippen LogP contribution in [0.2, 0.25) is 0 Å². The summed E-state index contributed by atoms with van der Waals surface area (Å²) < 4.78 is 39.9. The van der Waals surface area contributed by atoms with Gasteiger partial charge in [0.15, 0.2) is 23.2 Å². The van der Waals surface area contributed by atoms with Crippen molar-refractivity contribution in [3.63, 3.8) is 0 Å². The number of pyridine rings is 1. The summed E-state index contributed by atoms with van der Waals surface area (Å²) in [5.41, 5.74) is 1.89. The van der Waals surface area contributed by atoms with Crippen molar-refractivity contribution in [2.45, 2.75) is 31.4 Å². The molecule has 0 radical (unpaired) electrons. The number of hydrogen-bond acceptors (Lipinski definition) is 7. The lowest BCUT2D eigenvalue weighted by Gasteiger charge is -2.43. The molecule has 0 aliphatic carbocycles. The van der Waals surface area contributed by atoms with Gasteiger partial charge < -0.3 is 19.7 Å². The van der Waals surface area contributed by atoms with Crippen molar-refractivity contribution >= 4 is 17.6 Å². The minimum absolute atomic E-state index is 0.127. The number of para-hydroxylation sites is 1. The zero-order valence-corrected chi connectivity index (χ0v) is 19.0. The van der Waals surface area contributed by atoms with Crippen molar-refractivity contribution in [3.05, 3.63) is 60.4 Å². The predicted octanol–water partition coefficient (Wildman–Crippen LogP) is 4.70. The molecule has 5 rings (SSSR count). The van der Waals surface area contributed by atoms with Gasteiger partial charge in [0.05, 0.1) is 42.5 Å². The van der Waals surface area contributed by atoms with Gasteiger partial charge in [-0.2, -0.15) is 0 Å². The van der Waals surface area contributed by atoms with E-state index < -0.39 is 11.6 Å². The molecule has 34 heavy (non-hydrogen) atoms. The molecule has 1 saturated heterocycles. The second-order valence-corrected chi connectivity index (χ2v) is 8.51. The first kappa shape index (κ1) is 22.1. The molecule has 1 aromatic carbocycles. The maximum Gasteiger partial charge on any atom is 0.172 e. The van der Waals surface area contributed by atoms with Crippen LogP contribution >= 0.6 is 0 Å². The summed E-state index contributed by atoms with van der Waals surface area (Å²) in [7, 11) is 1.43. The molecule has 0 amide bonds. The van der Waals surface area contributed by atoms with Crippen LogP contribution in [0.4, 0.5) is 20.3 Å². The van der Waals surface area contributed by atoms with E-state index in [1.54, 1.807) is 12.1 Å². The van der Waals surface area contributed by atoms with Crippen LogP contribution in [-0.2, 0) is 0 Å². The number of aromatic nitrogens is 3. The van der Waals surface area contributed by atoms with Gasteiger partial charge in [-0.3, -0.25) is 0 Å². The molecule has 0 unspecified atom stereocenters. The van der Waals surface area contributed by atoms with Crippen molar-refractivity contribution in [1.29, 1.82) is 0 Å². The van der Waals surface area contributed by atoms with E-state index in [9.17, 15) is 8.78 Å². The number of anilines is 2. The summed E-state index contributed by atoms with van der Waals surface area (Å²) in [4.78, 5) is 6.34. The molecule has 7 nitrogen and oxygen atoms in total. The molecule has 2 aromatic heterocycles. The molecule has 176 valence electrons. The van der Waals surface area contributed by atoms with Gasteiger partial charge in [-0.05, 0) is 30.7 Å². The molecular formula is C25H25F2N5O2. The first-order chi connectivity index (χ1) is 16.5. The second kappa shape index (κ2) is 8.55. The molecule has 1 fully saturated rings. The Morgan fingerprint density at radius 3 is 2.85 bits per heavy atom. The Hall–Kier alpha value is -3.75. The number of benzene rings is 1. The van der Waals surface area contributed by atoms with E-state index in [-0.39, 0.29) is 23.1 Å². The van der Waals surface area contributed by atoms with Gasteiger partial charge in [-0.1, -0.05) is 19.6 Å². The summed E-state index contributed by atoms with van der Waals surface area (Å²) in [5.74, 6) is 0.239. The van der Waals surface area contributed by atoms with Crippen LogP contribution < -0.4 is 19.7 Å². The highest BCUT2D eigenvalue weighted by Crippen LogP contribution is 2.45. The van der Waals surface area contributed by atoms with Gasteiger partial charge >= 0.3 is 0 Å². The smallest absolute Gasteiger partial charge is 0.172 e. The first-order valence-corrected chi connectivity index (χ1v) is 11.1. The van der Waals surface area contributed by atoms with E-state index >= 15 is 0 Å². The third-order valence-electron chi connectivity index (χ3n) is 6.66. The Bertz CT molecular complexity index is 1250. The fourth-order valence-corrected chi connectivity index (χ4v) is 4.91. The van der Waals surface area contributed by atoms with Crippen LogP contribution in [0.15, 0.2) is 43.1 Å². The number of fused-ring (bicyclic) bond motifs is 3. The lowest BCUT2D eigenvalue weighted by atomic mass is 9.90. The molecule has 2 aliphatic heterocycles. The standard InChI is InChI=1S/C25H25F2N5O2/c1-4-20-19(27)9-15(12-28-20)34-16-11-25(5-2)14-29-24-22(32(25)13-16)10-21(30-31-24)17-7-6-8-18(26)23(17)33-3/h4,6-10,12,16H,1,5,11,13-14H2,2-3H3,(H,29,31)/t16-,25-/m1/s1. The lowest BCUT2D eigenvalue weighted by Crippen LogP contribution is -2.52. The van der Waals surface area contributed by atoms with Crippen LogP contribution in [-0.4, -0.2) is 47.0 Å². The zero-order chi connectivity index (χ0) is 23.9. The number of halogens is 2. The molecule has 0 spiro atoms. The average Bonchev–Trinajstić information content (AvgIpc) is 3.23. The highest BCUT2D eigenvalue weighted by atomic mass is 19.1. The minimum Gasteiger partial charge on any atom is -0.493 e. The van der Waals surface area contributed by atoms with E-state index in [0.29, 0.717) is 35.9 Å². The summed E-state index contributed by atoms with van der Waals surface area (Å²) >= 11 is 0. The number of methoxy groups -OCH3 is 1. The lowest BCUT2D eigenvalue weighted by molar-refractivity contribution is 0.208. The summed E-state index contributed by atoms with van der Waals surface area (Å²) in [6.07, 6.45) is 4.31. The Balaban J connectivity index is 1.48. The van der Waals surface area contributed by atoms with Crippen molar-refractivity contribution in [2.75, 3.05) is 30.4 Å². The van der Waals surface area contributed by atoms with Crippen LogP contribution in [0.5, 0.6) is 11.5 Å². The van der Waals surface area contributed by atoms with E-state index in [1.807, 2.05) is 6.07 Å². The summed E-state index contributed by atoms with van der Waals surface area (Å²) in [6.45, 7) is 6.95. The third-order valence-corrected chi connectivity index (χ3v) is 6.66.